The Morgan fingerprint density at radius 1 is 1.11 bits per heavy atom. The summed E-state index contributed by atoms with van der Waals surface area (Å²) in [6.07, 6.45) is 2.14. The van der Waals surface area contributed by atoms with Gasteiger partial charge in [-0.1, -0.05) is 13.8 Å². The van der Waals surface area contributed by atoms with Crippen LogP contribution in [0.3, 0.4) is 0 Å². The van der Waals surface area contributed by atoms with Gasteiger partial charge in [0, 0.05) is 7.05 Å². The lowest BCUT2D eigenvalue weighted by atomic mass is 10.1. The van der Waals surface area contributed by atoms with E-state index in [0.29, 0.717) is 23.5 Å². The smallest absolute Gasteiger partial charge is 0.217 e. The Morgan fingerprint density at radius 2 is 1.85 bits per heavy atom. The summed E-state index contributed by atoms with van der Waals surface area (Å²) in [6.45, 7) is 8.40. The molecule has 0 bridgehead atoms. The number of furan rings is 1. The maximum Gasteiger partial charge on any atom is 0.217 e. The molecule has 0 saturated carbocycles. The zero-order chi connectivity index (χ0) is 19.1. The van der Waals surface area contributed by atoms with Crippen LogP contribution in [-0.2, 0) is 7.05 Å². The number of aryl methyl sites for hydroxylation is 2. The van der Waals surface area contributed by atoms with Crippen LogP contribution in [0.5, 0.6) is 0 Å². The Morgan fingerprint density at radius 3 is 2.44 bits per heavy atom. The zero-order valence-electron chi connectivity index (χ0n) is 16.8. The third-order valence-electron chi connectivity index (χ3n) is 5.35. The molecular weight excluding hydrogens is 340 g/mol. The number of rotatable bonds is 4. The fourth-order valence-electron chi connectivity index (χ4n) is 3.63. The first-order valence-electron chi connectivity index (χ1n) is 9.68. The third kappa shape index (κ3) is 3.43. The van der Waals surface area contributed by atoms with Gasteiger partial charge in [-0.25, -0.2) is 9.67 Å². The number of likely N-dealkylation sites (tertiary alicyclic amines) is 1. The van der Waals surface area contributed by atoms with Crippen molar-refractivity contribution in [1.29, 1.82) is 0 Å². The van der Waals surface area contributed by atoms with Crippen molar-refractivity contribution in [1.82, 2.24) is 29.4 Å². The fourth-order valence-corrected chi connectivity index (χ4v) is 3.63. The van der Waals surface area contributed by atoms with Gasteiger partial charge in [0.1, 0.15) is 11.5 Å². The number of hydrogen-bond acceptors (Lipinski definition) is 5. The van der Waals surface area contributed by atoms with Gasteiger partial charge in [-0.15, -0.1) is 5.10 Å². The number of hydrogen-bond donors (Lipinski definition) is 0. The molecule has 7 heteroatoms. The topological polar surface area (TPSA) is 64.9 Å². The predicted octanol–water partition coefficient (Wildman–Crippen LogP) is 3.64. The van der Waals surface area contributed by atoms with Gasteiger partial charge in [0.25, 0.3) is 0 Å². The highest BCUT2D eigenvalue weighted by molar-refractivity contribution is 5.57. The Bertz CT molecular complexity index is 926. The van der Waals surface area contributed by atoms with Gasteiger partial charge in [0.2, 0.25) is 5.82 Å². The number of piperidine rings is 1. The molecule has 1 fully saturated rings. The monoisotopic (exact) mass is 368 g/mol. The second-order valence-corrected chi connectivity index (χ2v) is 7.88. The molecule has 4 heterocycles. The number of nitrogens with zero attached hydrogens (tertiary/aromatic N) is 6. The highest BCUT2D eigenvalue weighted by Gasteiger charge is 2.26. The lowest BCUT2D eigenvalue weighted by Gasteiger charge is -2.29. The molecule has 1 aliphatic heterocycles. The minimum absolute atomic E-state index is 0.339. The Balaban J connectivity index is 1.80. The van der Waals surface area contributed by atoms with E-state index in [2.05, 4.69) is 41.6 Å². The van der Waals surface area contributed by atoms with E-state index in [0.717, 1.165) is 48.9 Å². The molecular formula is C20H28N6O. The van der Waals surface area contributed by atoms with Gasteiger partial charge in [-0.05, 0) is 64.0 Å². The van der Waals surface area contributed by atoms with Crippen molar-refractivity contribution in [3.63, 3.8) is 0 Å². The van der Waals surface area contributed by atoms with Crippen molar-refractivity contribution in [2.24, 2.45) is 7.05 Å². The van der Waals surface area contributed by atoms with Crippen LogP contribution in [0.1, 0.15) is 50.1 Å². The molecule has 0 amide bonds. The number of aromatic nitrogens is 5. The molecule has 144 valence electrons. The average Bonchev–Trinajstić information content (AvgIpc) is 3.33. The average molecular weight is 368 g/mol. The first kappa shape index (κ1) is 18.0. The van der Waals surface area contributed by atoms with Crippen molar-refractivity contribution in [3.8, 4) is 23.1 Å². The van der Waals surface area contributed by atoms with Crippen LogP contribution >= 0.6 is 0 Å². The summed E-state index contributed by atoms with van der Waals surface area (Å²) in [5.41, 5.74) is 2.07. The quantitative estimate of drug-likeness (QED) is 0.703. The lowest BCUT2D eigenvalue weighted by Crippen LogP contribution is -2.32. The van der Waals surface area contributed by atoms with Crippen LogP contribution < -0.4 is 0 Å². The van der Waals surface area contributed by atoms with Crippen LogP contribution in [0.25, 0.3) is 23.1 Å². The van der Waals surface area contributed by atoms with E-state index < -0.39 is 0 Å². The summed E-state index contributed by atoms with van der Waals surface area (Å²) < 4.78 is 9.80. The Labute approximate surface area is 160 Å². The highest BCUT2D eigenvalue weighted by Crippen LogP contribution is 2.31. The molecule has 0 aliphatic carbocycles. The van der Waals surface area contributed by atoms with Gasteiger partial charge in [0.05, 0.1) is 11.7 Å². The molecule has 27 heavy (non-hydrogen) atoms. The molecule has 3 aromatic heterocycles. The van der Waals surface area contributed by atoms with E-state index in [9.17, 15) is 0 Å². The molecule has 0 unspecified atom stereocenters. The van der Waals surface area contributed by atoms with Crippen molar-refractivity contribution in [2.45, 2.75) is 45.6 Å². The van der Waals surface area contributed by atoms with Gasteiger partial charge in [0.15, 0.2) is 11.6 Å². The van der Waals surface area contributed by atoms with Crippen LogP contribution in [0.15, 0.2) is 22.6 Å². The summed E-state index contributed by atoms with van der Waals surface area (Å²) in [4.78, 5) is 7.24. The molecule has 4 rings (SSSR count). The summed E-state index contributed by atoms with van der Waals surface area (Å²) in [6, 6.07) is 6.37. The van der Waals surface area contributed by atoms with E-state index in [4.69, 9.17) is 14.5 Å². The maximum absolute atomic E-state index is 5.78. The van der Waals surface area contributed by atoms with E-state index in [1.807, 2.05) is 30.8 Å². The Kier molecular flexibility index (Phi) is 4.63. The second kappa shape index (κ2) is 6.96. The van der Waals surface area contributed by atoms with Gasteiger partial charge in [-0.3, -0.25) is 4.68 Å². The minimum atomic E-state index is 0.339. The molecule has 7 nitrogen and oxygen atoms in total. The summed E-state index contributed by atoms with van der Waals surface area (Å²) in [5.74, 6) is 3.47. The van der Waals surface area contributed by atoms with E-state index in [1.54, 1.807) is 0 Å². The molecule has 0 N–H and O–H groups in total. The van der Waals surface area contributed by atoms with Gasteiger partial charge < -0.3 is 9.32 Å². The Hall–Kier alpha value is -2.41. The minimum Gasteiger partial charge on any atom is -0.458 e. The highest BCUT2D eigenvalue weighted by atomic mass is 16.3. The second-order valence-electron chi connectivity index (χ2n) is 7.88. The standard InChI is InChI=1S/C20H28N6O/c1-13(2)16-12-17(25(5)22-16)20-21-19(18-7-6-14(3)27-18)23-26(20)15-8-10-24(4)11-9-15/h6-7,12-13,15H,8-11H2,1-5H3. The molecule has 0 spiro atoms. The zero-order valence-corrected chi connectivity index (χ0v) is 16.8. The van der Waals surface area contributed by atoms with Crippen molar-refractivity contribution < 1.29 is 4.42 Å². The lowest BCUT2D eigenvalue weighted by molar-refractivity contribution is 0.213. The molecule has 3 aromatic rings. The molecule has 0 radical (unpaired) electrons. The molecule has 1 aliphatic rings. The van der Waals surface area contributed by atoms with Crippen LogP contribution in [0.4, 0.5) is 0 Å². The molecule has 0 aromatic carbocycles. The largest absolute Gasteiger partial charge is 0.458 e. The van der Waals surface area contributed by atoms with Gasteiger partial charge in [-0.2, -0.15) is 5.10 Å². The van der Waals surface area contributed by atoms with Crippen molar-refractivity contribution in [2.75, 3.05) is 20.1 Å². The SMILES string of the molecule is Cc1ccc(-c2nc(-c3cc(C(C)C)nn3C)n(C3CCN(C)CC3)n2)o1. The molecule has 1 saturated heterocycles. The summed E-state index contributed by atoms with van der Waals surface area (Å²) >= 11 is 0. The van der Waals surface area contributed by atoms with E-state index in [-0.39, 0.29) is 0 Å². The molecule has 0 atom stereocenters. The first-order valence-corrected chi connectivity index (χ1v) is 9.68. The summed E-state index contributed by atoms with van der Waals surface area (Å²) in [7, 11) is 4.15. The van der Waals surface area contributed by atoms with E-state index in [1.165, 1.54) is 0 Å². The van der Waals surface area contributed by atoms with E-state index >= 15 is 0 Å². The van der Waals surface area contributed by atoms with Crippen LogP contribution in [0.2, 0.25) is 0 Å². The third-order valence-corrected chi connectivity index (χ3v) is 5.35. The first-order chi connectivity index (χ1) is 12.9. The maximum atomic E-state index is 5.78. The van der Waals surface area contributed by atoms with Gasteiger partial charge >= 0.3 is 0 Å². The van der Waals surface area contributed by atoms with Crippen molar-refractivity contribution >= 4 is 0 Å². The van der Waals surface area contributed by atoms with Crippen LogP contribution in [-0.4, -0.2) is 49.6 Å². The normalized spacial score (nSPS) is 16.5. The van der Waals surface area contributed by atoms with Crippen molar-refractivity contribution in [3.05, 3.63) is 29.7 Å². The fraction of sp³-hybridized carbons (Fsp3) is 0.550. The summed E-state index contributed by atoms with van der Waals surface area (Å²) in [5, 5.41) is 9.54. The van der Waals surface area contributed by atoms with Crippen LogP contribution in [0, 0.1) is 6.92 Å². The predicted molar refractivity (Wildman–Crippen MR) is 105 cm³/mol.